The van der Waals surface area contributed by atoms with Crippen LogP contribution in [0, 0.1) is 0 Å². The zero-order valence-corrected chi connectivity index (χ0v) is 15.7. The van der Waals surface area contributed by atoms with Gasteiger partial charge in [0.05, 0.1) is 19.5 Å². The van der Waals surface area contributed by atoms with E-state index in [1.807, 2.05) is 24.3 Å². The molecule has 0 radical (unpaired) electrons. The lowest BCUT2D eigenvalue weighted by atomic mass is 10.1. The molecule has 0 fully saturated rings. The number of hydrogen-bond donors (Lipinski definition) is 0. The first-order valence-electron chi connectivity index (χ1n) is 8.75. The van der Waals surface area contributed by atoms with Gasteiger partial charge in [0.2, 0.25) is 0 Å². The Bertz CT molecular complexity index is 571. The average Bonchev–Trinajstić information content (AvgIpc) is 2.64. The van der Waals surface area contributed by atoms with Crippen molar-refractivity contribution in [2.45, 2.75) is 19.8 Å². The Labute approximate surface area is 149 Å². The normalized spacial score (nSPS) is 12.1. The lowest BCUT2D eigenvalue weighted by Crippen LogP contribution is -2.16. The van der Waals surface area contributed by atoms with Crippen LogP contribution in [0.15, 0.2) is 54.6 Å². The topological polar surface area (TPSA) is 18.5 Å². The molecule has 0 saturated carbocycles. The van der Waals surface area contributed by atoms with Gasteiger partial charge in [-0.05, 0) is 28.9 Å². The standard InChI is InChI=1S/C21H29O2S/c1-3-4-17-24(2)18-16-22-14-15-23-21-13-9-8-12-20(21)19-10-6-5-7-11-19/h5-13H,3-4,14-18H2,1-2H3/q+1. The quantitative estimate of drug-likeness (QED) is 0.430. The molecular formula is C21H29O2S+. The van der Waals surface area contributed by atoms with E-state index < -0.39 is 0 Å². The van der Waals surface area contributed by atoms with Crippen LogP contribution in [0.3, 0.4) is 0 Å². The van der Waals surface area contributed by atoms with E-state index in [0.29, 0.717) is 24.1 Å². The van der Waals surface area contributed by atoms with Crippen molar-refractivity contribution in [3.8, 4) is 16.9 Å². The lowest BCUT2D eigenvalue weighted by Gasteiger charge is -2.12. The van der Waals surface area contributed by atoms with Gasteiger partial charge in [-0.3, -0.25) is 0 Å². The van der Waals surface area contributed by atoms with Crippen LogP contribution in [-0.2, 0) is 15.6 Å². The molecule has 0 heterocycles. The molecule has 0 aromatic heterocycles. The fourth-order valence-electron chi connectivity index (χ4n) is 2.46. The Morgan fingerprint density at radius 1 is 0.833 bits per heavy atom. The van der Waals surface area contributed by atoms with E-state index in [1.54, 1.807) is 0 Å². The van der Waals surface area contributed by atoms with Crippen LogP contribution in [0.1, 0.15) is 19.8 Å². The first-order valence-corrected chi connectivity index (χ1v) is 10.7. The third-order valence-corrected chi connectivity index (χ3v) is 5.73. The average molecular weight is 346 g/mol. The zero-order chi connectivity index (χ0) is 17.0. The molecule has 1 unspecified atom stereocenters. The molecule has 0 aliphatic carbocycles. The molecule has 0 saturated heterocycles. The predicted molar refractivity (Wildman–Crippen MR) is 106 cm³/mol. The molecule has 24 heavy (non-hydrogen) atoms. The van der Waals surface area contributed by atoms with Gasteiger partial charge in [-0.2, -0.15) is 0 Å². The summed E-state index contributed by atoms with van der Waals surface area (Å²) in [7, 11) is 0.494. The molecule has 2 nitrogen and oxygen atoms in total. The number of unbranched alkanes of at least 4 members (excludes halogenated alkanes) is 1. The molecule has 0 amide bonds. The summed E-state index contributed by atoms with van der Waals surface area (Å²) in [5.74, 6) is 3.42. The molecule has 0 spiro atoms. The summed E-state index contributed by atoms with van der Waals surface area (Å²) in [6, 6.07) is 18.5. The minimum atomic E-state index is 0.494. The highest BCUT2D eigenvalue weighted by Gasteiger charge is 2.09. The molecule has 0 bridgehead atoms. The van der Waals surface area contributed by atoms with Crippen molar-refractivity contribution in [1.82, 2.24) is 0 Å². The summed E-state index contributed by atoms with van der Waals surface area (Å²) in [6.45, 7) is 4.33. The third-order valence-electron chi connectivity index (χ3n) is 3.88. The Kier molecular flexibility index (Phi) is 8.78. The molecule has 0 aliphatic rings. The first kappa shape index (κ1) is 18.9. The van der Waals surface area contributed by atoms with E-state index >= 15 is 0 Å². The fourth-order valence-corrected chi connectivity index (χ4v) is 3.84. The van der Waals surface area contributed by atoms with E-state index in [1.165, 1.54) is 29.9 Å². The van der Waals surface area contributed by atoms with Gasteiger partial charge in [0.25, 0.3) is 0 Å². The second kappa shape index (κ2) is 11.2. The molecule has 0 N–H and O–H groups in total. The fraction of sp³-hybridized carbons (Fsp3) is 0.429. The molecular weight excluding hydrogens is 316 g/mol. The van der Waals surface area contributed by atoms with Crippen LogP contribution in [0.25, 0.3) is 11.1 Å². The van der Waals surface area contributed by atoms with E-state index in [4.69, 9.17) is 9.47 Å². The van der Waals surface area contributed by atoms with Gasteiger partial charge in [-0.25, -0.2) is 0 Å². The molecule has 2 aromatic carbocycles. The van der Waals surface area contributed by atoms with Crippen LogP contribution in [-0.4, -0.2) is 37.6 Å². The molecule has 2 rings (SSSR count). The molecule has 2 aromatic rings. The highest BCUT2D eigenvalue weighted by atomic mass is 32.2. The van der Waals surface area contributed by atoms with Crippen molar-refractivity contribution in [2.75, 3.05) is 37.6 Å². The SMILES string of the molecule is CCCC[S+](C)CCOCCOc1ccccc1-c1ccccc1. The summed E-state index contributed by atoms with van der Waals surface area (Å²) < 4.78 is 11.7. The monoisotopic (exact) mass is 345 g/mol. The second-order valence-electron chi connectivity index (χ2n) is 5.87. The Morgan fingerprint density at radius 3 is 2.38 bits per heavy atom. The number of benzene rings is 2. The largest absolute Gasteiger partial charge is 0.491 e. The Balaban J connectivity index is 1.72. The third kappa shape index (κ3) is 6.58. The molecule has 1 atom stereocenters. The van der Waals surface area contributed by atoms with Crippen LogP contribution in [0.4, 0.5) is 0 Å². The van der Waals surface area contributed by atoms with E-state index in [9.17, 15) is 0 Å². The first-order chi connectivity index (χ1) is 11.8. The van der Waals surface area contributed by atoms with Crippen molar-refractivity contribution in [3.63, 3.8) is 0 Å². The van der Waals surface area contributed by atoms with Crippen molar-refractivity contribution in [3.05, 3.63) is 54.6 Å². The number of ether oxygens (including phenoxy) is 2. The number of para-hydroxylation sites is 1. The summed E-state index contributed by atoms with van der Waals surface area (Å²) >= 11 is 0. The number of rotatable bonds is 11. The van der Waals surface area contributed by atoms with Gasteiger partial charge >= 0.3 is 0 Å². The molecule has 3 heteroatoms. The van der Waals surface area contributed by atoms with Crippen LogP contribution in [0.2, 0.25) is 0 Å². The van der Waals surface area contributed by atoms with E-state index in [-0.39, 0.29) is 0 Å². The van der Waals surface area contributed by atoms with Crippen LogP contribution >= 0.6 is 0 Å². The number of hydrogen-bond acceptors (Lipinski definition) is 2. The molecule has 0 aliphatic heterocycles. The maximum absolute atomic E-state index is 5.94. The Hall–Kier alpha value is -1.45. The summed E-state index contributed by atoms with van der Waals surface area (Å²) in [5.41, 5.74) is 2.31. The van der Waals surface area contributed by atoms with Gasteiger partial charge < -0.3 is 9.47 Å². The summed E-state index contributed by atoms with van der Waals surface area (Å²) in [4.78, 5) is 0. The smallest absolute Gasteiger partial charge is 0.131 e. The van der Waals surface area contributed by atoms with Gasteiger partial charge in [0, 0.05) is 5.56 Å². The zero-order valence-electron chi connectivity index (χ0n) is 14.9. The Morgan fingerprint density at radius 2 is 1.58 bits per heavy atom. The maximum atomic E-state index is 5.94. The second-order valence-corrected chi connectivity index (χ2v) is 8.25. The van der Waals surface area contributed by atoms with Crippen molar-refractivity contribution in [1.29, 1.82) is 0 Å². The predicted octanol–water partition coefficient (Wildman–Crippen LogP) is 4.80. The van der Waals surface area contributed by atoms with Crippen molar-refractivity contribution in [2.24, 2.45) is 0 Å². The highest BCUT2D eigenvalue weighted by Crippen LogP contribution is 2.29. The minimum Gasteiger partial charge on any atom is -0.491 e. The van der Waals surface area contributed by atoms with Gasteiger partial charge in [-0.1, -0.05) is 61.9 Å². The lowest BCUT2D eigenvalue weighted by molar-refractivity contribution is 0.112. The van der Waals surface area contributed by atoms with E-state index in [2.05, 4.69) is 43.5 Å². The van der Waals surface area contributed by atoms with Crippen molar-refractivity contribution >= 4 is 10.9 Å². The van der Waals surface area contributed by atoms with Gasteiger partial charge in [-0.15, -0.1) is 0 Å². The van der Waals surface area contributed by atoms with E-state index in [0.717, 1.165) is 17.9 Å². The minimum absolute atomic E-state index is 0.494. The van der Waals surface area contributed by atoms with Crippen LogP contribution in [0.5, 0.6) is 5.75 Å². The summed E-state index contributed by atoms with van der Waals surface area (Å²) in [6.07, 6.45) is 4.96. The molecule has 130 valence electrons. The van der Waals surface area contributed by atoms with Gasteiger partial charge in [0.1, 0.15) is 23.9 Å². The van der Waals surface area contributed by atoms with Crippen LogP contribution < -0.4 is 4.74 Å². The summed E-state index contributed by atoms with van der Waals surface area (Å²) in [5, 5.41) is 0. The maximum Gasteiger partial charge on any atom is 0.131 e. The van der Waals surface area contributed by atoms with Gasteiger partial charge in [0.15, 0.2) is 0 Å². The van der Waals surface area contributed by atoms with Crippen molar-refractivity contribution < 1.29 is 9.47 Å². The highest BCUT2D eigenvalue weighted by molar-refractivity contribution is 7.96.